The first-order valence-corrected chi connectivity index (χ1v) is 8.72. The number of nitrogens with zero attached hydrogens (tertiary/aromatic N) is 3. The van der Waals surface area contributed by atoms with Crippen molar-refractivity contribution in [3.05, 3.63) is 47.0 Å². The predicted octanol–water partition coefficient (Wildman–Crippen LogP) is 1.92. The highest BCUT2D eigenvalue weighted by Gasteiger charge is 2.24. The fraction of sp³-hybridized carbons (Fsp3) is 0.389. The molecule has 0 saturated heterocycles. The number of para-hydroxylation sites is 2. The Labute approximate surface area is 145 Å². The maximum absolute atomic E-state index is 12.7. The molecule has 1 aromatic carbocycles. The number of hydrogen-bond acceptors (Lipinski definition) is 4. The van der Waals surface area contributed by atoms with E-state index in [1.54, 1.807) is 0 Å². The average molecular weight is 338 g/mol. The number of carbonyl (C=O) groups excluding carboxylic acids is 1. The Balaban J connectivity index is 1.61. The Morgan fingerprint density at radius 1 is 1.40 bits per heavy atom. The largest absolute Gasteiger partial charge is 0.341 e. The number of aryl methyl sites for hydroxylation is 1. The highest BCUT2D eigenvalue weighted by Crippen LogP contribution is 2.22. The van der Waals surface area contributed by atoms with Gasteiger partial charge in [-0.3, -0.25) is 9.89 Å². The van der Waals surface area contributed by atoms with Gasteiger partial charge in [0.05, 0.1) is 17.1 Å². The molecule has 130 valence electrons. The minimum absolute atomic E-state index is 0.164. The number of hydrogen-bond donors (Lipinski definition) is 3. The standard InChI is InChI=1S/C18H22N6O/c1-3-24-15-7-5-4-6-14(15)21-17(24)11(2)20-18(25)16-12-10-19-9-8-13(12)22-23-16/h4-7,11,19H,3,8-10H2,1-2H3,(H,20,25)(H,22,23). The number of H-pyrrole nitrogens is 1. The number of aromatic nitrogens is 4. The minimum atomic E-state index is -0.205. The van der Waals surface area contributed by atoms with Crippen molar-refractivity contribution in [1.82, 2.24) is 30.4 Å². The van der Waals surface area contributed by atoms with Crippen molar-refractivity contribution in [2.24, 2.45) is 0 Å². The number of rotatable bonds is 4. The lowest BCUT2D eigenvalue weighted by molar-refractivity contribution is 0.0931. The lowest BCUT2D eigenvalue weighted by Gasteiger charge is -2.16. The van der Waals surface area contributed by atoms with Crippen LogP contribution in [0.5, 0.6) is 0 Å². The van der Waals surface area contributed by atoms with E-state index in [1.165, 1.54) is 0 Å². The Bertz CT molecular complexity index is 925. The zero-order valence-corrected chi connectivity index (χ0v) is 14.5. The number of carbonyl (C=O) groups is 1. The summed E-state index contributed by atoms with van der Waals surface area (Å²) in [7, 11) is 0. The molecular formula is C18H22N6O. The van der Waals surface area contributed by atoms with Gasteiger partial charge in [-0.2, -0.15) is 5.10 Å². The quantitative estimate of drug-likeness (QED) is 0.678. The van der Waals surface area contributed by atoms with Crippen molar-refractivity contribution in [3.63, 3.8) is 0 Å². The molecule has 0 bridgehead atoms. The molecule has 0 fully saturated rings. The van der Waals surface area contributed by atoms with Crippen LogP contribution < -0.4 is 10.6 Å². The summed E-state index contributed by atoms with van der Waals surface area (Å²) in [6.07, 6.45) is 0.872. The van der Waals surface area contributed by atoms with E-state index in [9.17, 15) is 4.79 Å². The molecule has 3 aromatic rings. The maximum Gasteiger partial charge on any atom is 0.272 e. The average Bonchev–Trinajstić information content (AvgIpc) is 3.23. The van der Waals surface area contributed by atoms with Gasteiger partial charge in [0.1, 0.15) is 5.82 Å². The van der Waals surface area contributed by atoms with Crippen LogP contribution in [-0.4, -0.2) is 32.2 Å². The van der Waals surface area contributed by atoms with Crippen molar-refractivity contribution in [1.29, 1.82) is 0 Å². The topological polar surface area (TPSA) is 87.6 Å². The zero-order chi connectivity index (χ0) is 17.4. The van der Waals surface area contributed by atoms with Crippen LogP contribution in [0.1, 0.15) is 47.5 Å². The maximum atomic E-state index is 12.7. The van der Waals surface area contributed by atoms with Gasteiger partial charge in [0.25, 0.3) is 5.91 Å². The normalized spacial score (nSPS) is 15.1. The Kier molecular flexibility index (Phi) is 4.01. The second kappa shape index (κ2) is 6.33. The molecule has 1 amide bonds. The van der Waals surface area contributed by atoms with Crippen LogP contribution in [0.3, 0.4) is 0 Å². The highest BCUT2D eigenvalue weighted by atomic mass is 16.2. The third-order valence-electron chi connectivity index (χ3n) is 4.76. The van der Waals surface area contributed by atoms with Crippen molar-refractivity contribution >= 4 is 16.9 Å². The SMILES string of the molecule is CCn1c(C(C)NC(=O)c2n[nH]c3c2CNCC3)nc2ccccc21. The van der Waals surface area contributed by atoms with Crippen LogP contribution in [-0.2, 0) is 19.5 Å². The second-order valence-corrected chi connectivity index (χ2v) is 6.35. The fourth-order valence-corrected chi connectivity index (χ4v) is 3.50. The van der Waals surface area contributed by atoms with Crippen LogP contribution in [0, 0.1) is 0 Å². The number of amides is 1. The first kappa shape index (κ1) is 15.8. The van der Waals surface area contributed by atoms with Gasteiger partial charge in [-0.25, -0.2) is 4.98 Å². The summed E-state index contributed by atoms with van der Waals surface area (Å²) in [6, 6.07) is 7.83. The summed E-state index contributed by atoms with van der Waals surface area (Å²) in [4.78, 5) is 17.4. The van der Waals surface area contributed by atoms with Gasteiger partial charge in [-0.05, 0) is 26.0 Å². The van der Waals surface area contributed by atoms with Crippen LogP contribution >= 0.6 is 0 Å². The molecule has 1 unspecified atom stereocenters. The number of benzene rings is 1. The molecule has 1 atom stereocenters. The Morgan fingerprint density at radius 2 is 2.24 bits per heavy atom. The van der Waals surface area contributed by atoms with E-state index in [-0.39, 0.29) is 11.9 Å². The number of imidazole rings is 1. The highest BCUT2D eigenvalue weighted by molar-refractivity contribution is 5.94. The van der Waals surface area contributed by atoms with Gasteiger partial charge >= 0.3 is 0 Å². The van der Waals surface area contributed by atoms with E-state index in [0.717, 1.165) is 47.6 Å². The summed E-state index contributed by atoms with van der Waals surface area (Å²) in [5.41, 5.74) is 4.54. The molecule has 7 nitrogen and oxygen atoms in total. The molecule has 2 aromatic heterocycles. The van der Waals surface area contributed by atoms with Gasteiger partial charge < -0.3 is 15.2 Å². The van der Waals surface area contributed by atoms with E-state index < -0.39 is 0 Å². The summed E-state index contributed by atoms with van der Waals surface area (Å²) >= 11 is 0. The van der Waals surface area contributed by atoms with Crippen molar-refractivity contribution in [3.8, 4) is 0 Å². The second-order valence-electron chi connectivity index (χ2n) is 6.35. The molecule has 0 radical (unpaired) electrons. The number of aromatic amines is 1. The van der Waals surface area contributed by atoms with Crippen molar-refractivity contribution in [2.75, 3.05) is 6.54 Å². The minimum Gasteiger partial charge on any atom is -0.341 e. The zero-order valence-electron chi connectivity index (χ0n) is 14.5. The number of fused-ring (bicyclic) bond motifs is 2. The molecule has 7 heteroatoms. The molecule has 25 heavy (non-hydrogen) atoms. The molecule has 1 aliphatic heterocycles. The molecule has 0 spiro atoms. The molecule has 0 saturated carbocycles. The molecule has 3 heterocycles. The first-order chi connectivity index (χ1) is 12.2. The third kappa shape index (κ3) is 2.70. The smallest absolute Gasteiger partial charge is 0.272 e. The van der Waals surface area contributed by atoms with Crippen molar-refractivity contribution < 1.29 is 4.79 Å². The summed E-state index contributed by atoms with van der Waals surface area (Å²) in [5, 5.41) is 13.6. The lowest BCUT2D eigenvalue weighted by Crippen LogP contribution is -2.31. The summed E-state index contributed by atoms with van der Waals surface area (Å²) in [6.45, 7) is 6.44. The van der Waals surface area contributed by atoms with E-state index in [2.05, 4.69) is 38.4 Å². The molecule has 3 N–H and O–H groups in total. The van der Waals surface area contributed by atoms with Crippen LogP contribution in [0.15, 0.2) is 24.3 Å². The molecular weight excluding hydrogens is 316 g/mol. The monoisotopic (exact) mass is 338 g/mol. The number of nitrogens with one attached hydrogen (secondary N) is 3. The fourth-order valence-electron chi connectivity index (χ4n) is 3.50. The van der Waals surface area contributed by atoms with E-state index in [1.807, 2.05) is 25.1 Å². The third-order valence-corrected chi connectivity index (χ3v) is 4.76. The van der Waals surface area contributed by atoms with E-state index in [4.69, 9.17) is 4.98 Å². The van der Waals surface area contributed by atoms with Gasteiger partial charge in [-0.15, -0.1) is 0 Å². The molecule has 0 aliphatic carbocycles. The first-order valence-electron chi connectivity index (χ1n) is 8.72. The van der Waals surface area contributed by atoms with E-state index >= 15 is 0 Å². The molecule has 4 rings (SSSR count). The lowest BCUT2D eigenvalue weighted by atomic mass is 10.1. The van der Waals surface area contributed by atoms with Gasteiger partial charge in [0, 0.05) is 37.3 Å². The van der Waals surface area contributed by atoms with Gasteiger partial charge in [0.15, 0.2) is 5.69 Å². The predicted molar refractivity (Wildman–Crippen MR) is 95.3 cm³/mol. The summed E-state index contributed by atoms with van der Waals surface area (Å²) in [5.74, 6) is 0.697. The van der Waals surface area contributed by atoms with Gasteiger partial charge in [0.2, 0.25) is 0 Å². The Hall–Kier alpha value is -2.67. The van der Waals surface area contributed by atoms with Gasteiger partial charge in [-0.1, -0.05) is 12.1 Å². The van der Waals surface area contributed by atoms with Crippen LogP contribution in [0.25, 0.3) is 11.0 Å². The van der Waals surface area contributed by atoms with E-state index in [0.29, 0.717) is 12.2 Å². The summed E-state index contributed by atoms with van der Waals surface area (Å²) < 4.78 is 2.14. The Morgan fingerprint density at radius 3 is 3.08 bits per heavy atom. The van der Waals surface area contributed by atoms with Crippen LogP contribution in [0.2, 0.25) is 0 Å². The molecule has 1 aliphatic rings. The van der Waals surface area contributed by atoms with Crippen molar-refractivity contribution in [2.45, 2.75) is 39.4 Å². The van der Waals surface area contributed by atoms with Crippen LogP contribution in [0.4, 0.5) is 0 Å².